The van der Waals surface area contributed by atoms with Gasteiger partial charge in [-0.05, 0) is 51.9 Å². The summed E-state index contributed by atoms with van der Waals surface area (Å²) < 4.78 is 5.76. The molecule has 1 fully saturated rings. The zero-order chi connectivity index (χ0) is 37.4. The molecule has 2 N–H and O–H groups in total. The molecular weight excluding hydrogens is 675 g/mol. The van der Waals surface area contributed by atoms with Gasteiger partial charge in [-0.25, -0.2) is 0 Å². The number of carbonyl (C=O) groups excluding carboxylic acids is 5. The van der Waals surface area contributed by atoms with E-state index in [1.54, 1.807) is 31.2 Å². The highest BCUT2D eigenvalue weighted by Gasteiger charge is 2.43. The van der Waals surface area contributed by atoms with Crippen molar-refractivity contribution < 1.29 is 28.7 Å². The van der Waals surface area contributed by atoms with Crippen molar-refractivity contribution in [1.29, 1.82) is 0 Å². The van der Waals surface area contributed by atoms with Crippen LogP contribution < -0.4 is 10.6 Å². The van der Waals surface area contributed by atoms with Gasteiger partial charge < -0.3 is 15.4 Å². The van der Waals surface area contributed by atoms with Gasteiger partial charge in [0.1, 0.15) is 0 Å². The van der Waals surface area contributed by atoms with Gasteiger partial charge in [0.25, 0.3) is 5.91 Å². The van der Waals surface area contributed by atoms with Crippen LogP contribution >= 0.6 is 11.8 Å². The van der Waals surface area contributed by atoms with Crippen molar-refractivity contribution >= 4 is 41.2 Å². The average Bonchev–Trinajstić information content (AvgIpc) is 3.60. The molecule has 10 heteroatoms. The van der Waals surface area contributed by atoms with Gasteiger partial charge in [-0.15, -0.1) is 11.8 Å². The molecule has 0 bridgehead atoms. The molecular formula is C42H53N3O6S. The van der Waals surface area contributed by atoms with Crippen LogP contribution in [0.5, 0.6) is 0 Å². The minimum absolute atomic E-state index is 0.0564. The third kappa shape index (κ3) is 14.5. The molecule has 278 valence electrons. The Morgan fingerprint density at radius 2 is 1.40 bits per heavy atom. The minimum atomic E-state index is -1.25. The lowest BCUT2D eigenvalue weighted by atomic mass is 9.92. The van der Waals surface area contributed by atoms with Crippen LogP contribution in [0.3, 0.4) is 0 Å². The molecule has 2 heterocycles. The molecule has 2 aliphatic heterocycles. The number of rotatable bonds is 23. The van der Waals surface area contributed by atoms with Crippen molar-refractivity contribution in [1.82, 2.24) is 15.5 Å². The summed E-state index contributed by atoms with van der Waals surface area (Å²) in [5, 5.41) is 4.96. The highest BCUT2D eigenvalue weighted by Crippen LogP contribution is 2.34. The molecule has 2 atom stereocenters. The zero-order valence-corrected chi connectivity index (χ0v) is 31.3. The van der Waals surface area contributed by atoms with Crippen LogP contribution in [0.4, 0.5) is 0 Å². The SMILES string of the molecule is CCC=CCC=CCC=CCC=CCC=CCC=CCCC(=O)NCCN1C(=O)CC(SCCNC(=O)C2=CC(=O)C(C)(c3ccccc3)O2)C1=O. The van der Waals surface area contributed by atoms with E-state index in [0.29, 0.717) is 24.2 Å². The van der Waals surface area contributed by atoms with E-state index < -0.39 is 16.8 Å². The number of nitrogens with zero attached hydrogens (tertiary/aromatic N) is 1. The second-order valence-electron chi connectivity index (χ2n) is 12.4. The summed E-state index contributed by atoms with van der Waals surface area (Å²) in [6.45, 7) is 4.32. The van der Waals surface area contributed by atoms with Gasteiger partial charge in [-0.2, -0.15) is 0 Å². The number of ketones is 1. The first kappa shape index (κ1) is 41.7. The van der Waals surface area contributed by atoms with Gasteiger partial charge in [-0.3, -0.25) is 28.9 Å². The summed E-state index contributed by atoms with van der Waals surface area (Å²) in [5.41, 5.74) is -0.596. The number of allylic oxidation sites excluding steroid dienone is 12. The summed E-state index contributed by atoms with van der Waals surface area (Å²) in [5.74, 6) is -1.19. The smallest absolute Gasteiger partial charge is 0.286 e. The van der Waals surface area contributed by atoms with Crippen molar-refractivity contribution in [2.45, 2.75) is 82.5 Å². The van der Waals surface area contributed by atoms with Crippen LogP contribution in [0.25, 0.3) is 0 Å². The predicted octanol–water partition coefficient (Wildman–Crippen LogP) is 6.96. The molecule has 0 aliphatic carbocycles. The lowest BCUT2D eigenvalue weighted by Gasteiger charge is -2.24. The summed E-state index contributed by atoms with van der Waals surface area (Å²) >= 11 is 1.29. The van der Waals surface area contributed by atoms with E-state index in [1.807, 2.05) is 18.2 Å². The van der Waals surface area contributed by atoms with Crippen LogP contribution in [0.2, 0.25) is 0 Å². The second kappa shape index (κ2) is 23.7. The number of likely N-dealkylation sites (tertiary alicyclic amines) is 1. The Morgan fingerprint density at radius 3 is 2.00 bits per heavy atom. The number of hydrogen-bond donors (Lipinski definition) is 2. The monoisotopic (exact) mass is 727 g/mol. The molecule has 0 spiro atoms. The number of imide groups is 1. The highest BCUT2D eigenvalue weighted by atomic mass is 32.2. The van der Waals surface area contributed by atoms with Crippen molar-refractivity contribution in [3.05, 3.63) is 121 Å². The Labute approximate surface area is 313 Å². The van der Waals surface area contributed by atoms with E-state index in [0.717, 1.165) is 38.5 Å². The first-order chi connectivity index (χ1) is 25.3. The molecule has 4 amide bonds. The Bertz CT molecular complexity index is 1560. The largest absolute Gasteiger partial charge is 0.469 e. The normalized spacial score (nSPS) is 19.4. The lowest BCUT2D eigenvalue weighted by molar-refractivity contribution is -0.138. The number of amides is 4. The van der Waals surface area contributed by atoms with Gasteiger partial charge in [0.15, 0.2) is 11.4 Å². The summed E-state index contributed by atoms with van der Waals surface area (Å²) in [6, 6.07) is 8.98. The van der Waals surface area contributed by atoms with Crippen LogP contribution in [0.15, 0.2) is 115 Å². The van der Waals surface area contributed by atoms with E-state index in [-0.39, 0.29) is 55.3 Å². The predicted molar refractivity (Wildman–Crippen MR) is 209 cm³/mol. The Kier molecular flexibility index (Phi) is 19.0. The molecule has 1 saturated heterocycles. The fraction of sp³-hybridized carbons (Fsp3) is 0.405. The van der Waals surface area contributed by atoms with Gasteiger partial charge in [-0.1, -0.05) is 110 Å². The first-order valence-corrected chi connectivity index (χ1v) is 19.2. The molecule has 52 heavy (non-hydrogen) atoms. The van der Waals surface area contributed by atoms with Gasteiger partial charge in [0, 0.05) is 49.9 Å². The van der Waals surface area contributed by atoms with Crippen LogP contribution in [0, 0.1) is 0 Å². The lowest BCUT2D eigenvalue weighted by Crippen LogP contribution is -2.39. The number of hydrogen-bond acceptors (Lipinski definition) is 7. The second-order valence-corrected chi connectivity index (χ2v) is 13.7. The van der Waals surface area contributed by atoms with Crippen molar-refractivity contribution in [2.24, 2.45) is 0 Å². The van der Waals surface area contributed by atoms with Gasteiger partial charge >= 0.3 is 0 Å². The average molecular weight is 728 g/mol. The maximum atomic E-state index is 12.8. The number of ether oxygens (including phenoxy) is 1. The standard InChI is InChI=1S/C42H53N3O6S/c1-3-4-5-6-7-8-9-10-11-12-13-14-15-16-17-18-19-20-24-27-38(47)43-28-30-45-39(48)33-36(41(45)50)52-31-29-44-40(49)35-32-37(46)42(2,51-35)34-25-22-21-23-26-34/h4-5,7-8,10-11,13-14,16-17,19-23,25-26,32,36H,3,6,9,12,15,18,24,27-31,33H2,1-2H3,(H,43,47)(H,44,49). The highest BCUT2D eigenvalue weighted by molar-refractivity contribution is 8.00. The molecule has 1 aromatic carbocycles. The third-order valence-corrected chi connectivity index (χ3v) is 9.51. The quantitative estimate of drug-likeness (QED) is 0.0711. The zero-order valence-electron chi connectivity index (χ0n) is 30.5. The van der Waals surface area contributed by atoms with Crippen molar-refractivity contribution in [3.8, 4) is 0 Å². The van der Waals surface area contributed by atoms with Crippen LogP contribution in [0.1, 0.15) is 77.2 Å². The Balaban J connectivity index is 1.20. The summed E-state index contributed by atoms with van der Waals surface area (Å²) in [4.78, 5) is 64.0. The number of benzene rings is 1. The fourth-order valence-electron chi connectivity index (χ4n) is 5.35. The van der Waals surface area contributed by atoms with E-state index in [1.165, 1.54) is 22.7 Å². The maximum Gasteiger partial charge on any atom is 0.286 e. The van der Waals surface area contributed by atoms with E-state index in [4.69, 9.17) is 4.74 Å². The summed E-state index contributed by atoms with van der Waals surface area (Å²) in [7, 11) is 0. The molecule has 3 rings (SSSR count). The third-order valence-electron chi connectivity index (χ3n) is 8.30. The Hall–Kier alpha value is -4.70. The van der Waals surface area contributed by atoms with Crippen molar-refractivity contribution in [2.75, 3.05) is 25.4 Å². The van der Waals surface area contributed by atoms with E-state index in [2.05, 4.69) is 78.3 Å². The number of nitrogens with one attached hydrogen (secondary N) is 2. The summed E-state index contributed by atoms with van der Waals surface area (Å²) in [6.07, 6.45) is 33.6. The van der Waals surface area contributed by atoms with Crippen LogP contribution in [-0.4, -0.2) is 64.9 Å². The Morgan fingerprint density at radius 1 is 0.827 bits per heavy atom. The van der Waals surface area contributed by atoms with Crippen LogP contribution in [-0.2, 0) is 34.3 Å². The van der Waals surface area contributed by atoms with Gasteiger partial charge in [0.2, 0.25) is 23.5 Å². The fourth-order valence-corrected chi connectivity index (χ4v) is 6.38. The molecule has 1 aromatic rings. The molecule has 0 saturated carbocycles. The molecule has 9 nitrogen and oxygen atoms in total. The minimum Gasteiger partial charge on any atom is -0.469 e. The number of carbonyl (C=O) groups is 5. The van der Waals surface area contributed by atoms with Gasteiger partial charge in [0.05, 0.1) is 5.25 Å². The molecule has 0 aromatic heterocycles. The molecule has 0 radical (unpaired) electrons. The van der Waals surface area contributed by atoms with E-state index in [9.17, 15) is 24.0 Å². The van der Waals surface area contributed by atoms with E-state index >= 15 is 0 Å². The molecule has 2 unspecified atom stereocenters. The number of thioether (sulfide) groups is 1. The molecule has 2 aliphatic rings. The topological polar surface area (TPSA) is 122 Å². The van der Waals surface area contributed by atoms with Crippen molar-refractivity contribution in [3.63, 3.8) is 0 Å². The first-order valence-electron chi connectivity index (χ1n) is 18.2. The maximum absolute atomic E-state index is 12.8.